The van der Waals surface area contributed by atoms with Gasteiger partial charge in [0.05, 0.1) is 0 Å². The van der Waals surface area contributed by atoms with Gasteiger partial charge in [-0.15, -0.1) is 5.73 Å². The Morgan fingerprint density at radius 1 is 1.21 bits per heavy atom. The molecule has 1 nitrogen and oxygen atoms in total. The summed E-state index contributed by atoms with van der Waals surface area (Å²) >= 11 is 0. The number of rotatable bonds is 4. The minimum Gasteiger partial charge on any atom is -0.258 e. The van der Waals surface area contributed by atoms with Crippen LogP contribution < -0.4 is 0 Å². The normalized spacial score (nSPS) is 12.5. The van der Waals surface area contributed by atoms with Gasteiger partial charge in [0, 0.05) is 11.4 Å². The number of hydrogen-bond donors (Lipinski definition) is 0. The second kappa shape index (κ2) is 6.67. The molecule has 0 spiro atoms. The summed E-state index contributed by atoms with van der Waals surface area (Å²) in [4.78, 5) is 4.50. The number of allylic oxidation sites excluding steroid dienone is 4. The maximum Gasteiger partial charge on any atom is 0.123 e. The van der Waals surface area contributed by atoms with Crippen molar-refractivity contribution in [2.45, 2.75) is 20.8 Å². The van der Waals surface area contributed by atoms with E-state index >= 15 is 0 Å². The average Bonchev–Trinajstić information content (AvgIpc) is 2.38. The van der Waals surface area contributed by atoms with Crippen molar-refractivity contribution >= 4 is 11.3 Å². The fraction of sp³-hybridized carbons (Fsp3) is 0.176. The molecule has 0 atom stereocenters. The molecule has 0 heterocycles. The molecule has 2 heteroatoms. The van der Waals surface area contributed by atoms with E-state index in [0.29, 0.717) is 0 Å². The van der Waals surface area contributed by atoms with Gasteiger partial charge < -0.3 is 0 Å². The monoisotopic (exact) mass is 255 g/mol. The average molecular weight is 255 g/mol. The fourth-order valence-electron chi connectivity index (χ4n) is 1.54. The Morgan fingerprint density at radius 2 is 1.79 bits per heavy atom. The van der Waals surface area contributed by atoms with Crippen molar-refractivity contribution in [1.82, 2.24) is 0 Å². The van der Waals surface area contributed by atoms with Crippen molar-refractivity contribution in [1.29, 1.82) is 0 Å². The van der Waals surface area contributed by atoms with Crippen LogP contribution in [0.2, 0.25) is 0 Å². The molecule has 0 aliphatic heterocycles. The van der Waals surface area contributed by atoms with Crippen molar-refractivity contribution in [3.05, 3.63) is 71.9 Å². The lowest BCUT2D eigenvalue weighted by atomic mass is 10.1. The number of nitrogens with zero attached hydrogens (tertiary/aromatic N) is 1. The summed E-state index contributed by atoms with van der Waals surface area (Å²) in [5.74, 6) is -0.238. The van der Waals surface area contributed by atoms with Crippen LogP contribution in [-0.4, -0.2) is 5.71 Å². The smallest absolute Gasteiger partial charge is 0.123 e. The SMILES string of the molecule is C=C=CC(=C)C(C)=N/C(C)=C(\C)c1ccc(F)cc1. The molecule has 0 radical (unpaired) electrons. The Hall–Kier alpha value is -2.18. The summed E-state index contributed by atoms with van der Waals surface area (Å²) in [7, 11) is 0. The Kier molecular flexibility index (Phi) is 5.23. The van der Waals surface area contributed by atoms with Gasteiger partial charge in [-0.25, -0.2) is 4.39 Å². The van der Waals surface area contributed by atoms with E-state index in [0.717, 1.165) is 28.1 Å². The van der Waals surface area contributed by atoms with Gasteiger partial charge in [0.15, 0.2) is 0 Å². The molecule has 1 aromatic carbocycles. The highest BCUT2D eigenvalue weighted by Crippen LogP contribution is 2.19. The predicted molar refractivity (Wildman–Crippen MR) is 80.6 cm³/mol. The summed E-state index contributed by atoms with van der Waals surface area (Å²) in [6.45, 7) is 13.2. The standard InChI is InChI=1S/C17H18FN/c1-6-7-12(2)14(4)19-15(5)13(3)16-8-10-17(18)11-9-16/h7-11H,1-2H2,3-5H3/b15-13+,19-14?. The molecule has 0 aliphatic carbocycles. The summed E-state index contributed by atoms with van der Waals surface area (Å²) in [5, 5.41) is 0. The Bertz CT molecular complexity index is 582. The van der Waals surface area contributed by atoms with Gasteiger partial charge in [-0.1, -0.05) is 25.3 Å². The van der Waals surface area contributed by atoms with Crippen LogP contribution in [-0.2, 0) is 0 Å². The largest absolute Gasteiger partial charge is 0.258 e. The highest BCUT2D eigenvalue weighted by Gasteiger charge is 2.02. The summed E-state index contributed by atoms with van der Waals surface area (Å²) < 4.78 is 12.9. The Labute approximate surface area is 114 Å². The van der Waals surface area contributed by atoms with Crippen LogP contribution in [0.4, 0.5) is 4.39 Å². The lowest BCUT2D eigenvalue weighted by molar-refractivity contribution is 0.627. The van der Waals surface area contributed by atoms with E-state index in [-0.39, 0.29) is 5.82 Å². The van der Waals surface area contributed by atoms with Gasteiger partial charge in [-0.3, -0.25) is 4.99 Å². The van der Waals surface area contributed by atoms with E-state index in [4.69, 9.17) is 0 Å². The van der Waals surface area contributed by atoms with Crippen molar-refractivity contribution in [2.75, 3.05) is 0 Å². The van der Waals surface area contributed by atoms with Crippen molar-refractivity contribution < 1.29 is 4.39 Å². The highest BCUT2D eigenvalue weighted by atomic mass is 19.1. The molecular formula is C17H18FN. The maximum absolute atomic E-state index is 12.9. The van der Waals surface area contributed by atoms with Crippen LogP contribution in [0.25, 0.3) is 5.57 Å². The Morgan fingerprint density at radius 3 is 2.32 bits per heavy atom. The zero-order valence-corrected chi connectivity index (χ0v) is 11.6. The van der Waals surface area contributed by atoms with Gasteiger partial charge in [-0.05, 0) is 55.7 Å². The molecule has 1 aromatic rings. The van der Waals surface area contributed by atoms with Crippen molar-refractivity contribution in [3.63, 3.8) is 0 Å². The summed E-state index contributed by atoms with van der Waals surface area (Å²) in [5.41, 5.74) is 7.11. The fourth-order valence-corrected chi connectivity index (χ4v) is 1.54. The predicted octanol–water partition coefficient (Wildman–Crippen LogP) is 4.93. The quantitative estimate of drug-likeness (QED) is 0.411. The molecule has 0 fully saturated rings. The second-order valence-corrected chi connectivity index (χ2v) is 4.29. The number of hydrogen-bond acceptors (Lipinski definition) is 1. The summed E-state index contributed by atoms with van der Waals surface area (Å²) in [6, 6.07) is 6.39. The molecule has 0 bridgehead atoms. The maximum atomic E-state index is 12.9. The van der Waals surface area contributed by atoms with Crippen LogP contribution in [0.1, 0.15) is 26.3 Å². The van der Waals surface area contributed by atoms with Crippen molar-refractivity contribution in [2.24, 2.45) is 4.99 Å². The topological polar surface area (TPSA) is 12.4 Å². The van der Waals surface area contributed by atoms with Gasteiger partial charge >= 0.3 is 0 Å². The molecule has 0 aliphatic rings. The van der Waals surface area contributed by atoms with Gasteiger partial charge in [-0.2, -0.15) is 0 Å². The molecule has 0 aromatic heterocycles. The highest BCUT2D eigenvalue weighted by molar-refractivity contribution is 6.01. The summed E-state index contributed by atoms with van der Waals surface area (Å²) in [6.07, 6.45) is 1.69. The van der Waals surface area contributed by atoms with Crippen LogP contribution in [0.15, 0.2) is 65.5 Å². The third kappa shape index (κ3) is 4.20. The zero-order chi connectivity index (χ0) is 14.4. The minimum atomic E-state index is -0.238. The number of aliphatic imine (C=N–C) groups is 1. The van der Waals surface area contributed by atoms with Gasteiger partial charge in [0.2, 0.25) is 0 Å². The molecule has 0 saturated carbocycles. The molecule has 1 rings (SSSR count). The molecular weight excluding hydrogens is 237 g/mol. The van der Waals surface area contributed by atoms with E-state index in [1.807, 2.05) is 20.8 Å². The van der Waals surface area contributed by atoms with Gasteiger partial charge in [0.25, 0.3) is 0 Å². The van der Waals surface area contributed by atoms with E-state index < -0.39 is 0 Å². The van der Waals surface area contributed by atoms with Gasteiger partial charge in [0.1, 0.15) is 5.82 Å². The number of halogens is 1. The third-order valence-electron chi connectivity index (χ3n) is 2.90. The molecule has 98 valence electrons. The van der Waals surface area contributed by atoms with Crippen molar-refractivity contribution in [3.8, 4) is 0 Å². The molecule has 0 amide bonds. The lowest BCUT2D eigenvalue weighted by Crippen LogP contribution is -1.94. The van der Waals surface area contributed by atoms with E-state index in [1.165, 1.54) is 12.1 Å². The van der Waals surface area contributed by atoms with E-state index in [1.54, 1.807) is 18.2 Å². The van der Waals surface area contributed by atoms with Crippen LogP contribution in [0.5, 0.6) is 0 Å². The van der Waals surface area contributed by atoms with Crippen LogP contribution in [0, 0.1) is 5.82 Å². The second-order valence-electron chi connectivity index (χ2n) is 4.29. The first kappa shape index (κ1) is 14.9. The molecule has 19 heavy (non-hydrogen) atoms. The molecule has 0 saturated heterocycles. The van der Waals surface area contributed by atoms with E-state index in [2.05, 4.69) is 23.9 Å². The van der Waals surface area contributed by atoms with Crippen LogP contribution in [0.3, 0.4) is 0 Å². The third-order valence-corrected chi connectivity index (χ3v) is 2.90. The first-order valence-corrected chi connectivity index (χ1v) is 5.99. The van der Waals surface area contributed by atoms with Crippen LogP contribution >= 0.6 is 0 Å². The molecule has 0 N–H and O–H groups in total. The van der Waals surface area contributed by atoms with E-state index in [9.17, 15) is 4.39 Å². The Balaban J connectivity index is 3.09. The first-order valence-electron chi connectivity index (χ1n) is 5.99. The minimum absolute atomic E-state index is 0.238. The number of benzene rings is 1. The first-order chi connectivity index (χ1) is 8.95. The molecule has 0 unspecified atom stereocenters. The lowest BCUT2D eigenvalue weighted by Gasteiger charge is -2.06. The zero-order valence-electron chi connectivity index (χ0n) is 11.6.